The Balaban J connectivity index is 0.00000204. The molecule has 2 aromatic carbocycles. The Morgan fingerprint density at radius 2 is 1.86 bits per heavy atom. The molecule has 6 heteroatoms. The molecular weight excluding hydrogens is 386 g/mol. The van der Waals surface area contributed by atoms with Crippen LogP contribution in [0.15, 0.2) is 48.5 Å². The summed E-state index contributed by atoms with van der Waals surface area (Å²) in [5.41, 5.74) is 9.25. The van der Waals surface area contributed by atoms with Crippen molar-refractivity contribution in [2.24, 2.45) is 5.73 Å². The second-order valence-electron chi connectivity index (χ2n) is 6.77. The van der Waals surface area contributed by atoms with Crippen LogP contribution in [0.3, 0.4) is 0 Å². The van der Waals surface area contributed by atoms with Crippen LogP contribution in [0.25, 0.3) is 0 Å². The highest BCUT2D eigenvalue weighted by Crippen LogP contribution is 2.28. The maximum Gasteiger partial charge on any atom is 0.106 e. The number of halogens is 1. The molecular formula is C23H34ClN3O2. The van der Waals surface area contributed by atoms with Crippen LogP contribution in [0.1, 0.15) is 37.0 Å². The second-order valence-corrected chi connectivity index (χ2v) is 7.17. The van der Waals surface area contributed by atoms with Crippen LogP contribution in [0, 0.1) is 0 Å². The SMILES string of the molecule is C=O.CCC(N)CCNc1ccc(CC(OCCNC)c2ccccc2)c(Cl)c1. The average Bonchev–Trinajstić information content (AvgIpc) is 2.76. The van der Waals surface area contributed by atoms with E-state index in [9.17, 15) is 0 Å². The van der Waals surface area contributed by atoms with Crippen LogP contribution in [-0.4, -0.2) is 39.6 Å². The zero-order chi connectivity index (χ0) is 21.5. The Morgan fingerprint density at radius 1 is 1.14 bits per heavy atom. The van der Waals surface area contributed by atoms with Crippen LogP contribution in [0.4, 0.5) is 5.69 Å². The molecule has 2 atom stereocenters. The summed E-state index contributed by atoms with van der Waals surface area (Å²) in [4.78, 5) is 8.00. The van der Waals surface area contributed by atoms with Gasteiger partial charge >= 0.3 is 0 Å². The van der Waals surface area contributed by atoms with Gasteiger partial charge in [0, 0.05) is 36.3 Å². The lowest BCUT2D eigenvalue weighted by molar-refractivity contribution is -0.0979. The van der Waals surface area contributed by atoms with E-state index >= 15 is 0 Å². The highest BCUT2D eigenvalue weighted by atomic mass is 35.5. The van der Waals surface area contributed by atoms with Crippen molar-refractivity contribution >= 4 is 24.1 Å². The fraction of sp³-hybridized carbons (Fsp3) is 0.435. The molecule has 0 saturated carbocycles. The number of rotatable bonds is 12. The molecule has 0 aliphatic carbocycles. The minimum atomic E-state index is -0.0154. The third-order valence-electron chi connectivity index (χ3n) is 4.67. The molecule has 2 aromatic rings. The number of hydrogen-bond acceptors (Lipinski definition) is 5. The number of anilines is 1. The zero-order valence-electron chi connectivity index (χ0n) is 17.5. The largest absolute Gasteiger partial charge is 0.385 e. The number of likely N-dealkylation sites (N-methyl/N-ethyl adjacent to an activating group) is 1. The number of benzene rings is 2. The molecule has 0 saturated heterocycles. The van der Waals surface area contributed by atoms with Gasteiger partial charge < -0.3 is 25.9 Å². The third-order valence-corrected chi connectivity index (χ3v) is 5.02. The van der Waals surface area contributed by atoms with Gasteiger partial charge in [0.25, 0.3) is 0 Å². The van der Waals surface area contributed by atoms with E-state index < -0.39 is 0 Å². The highest BCUT2D eigenvalue weighted by Gasteiger charge is 2.15. The fourth-order valence-corrected chi connectivity index (χ4v) is 3.13. The lowest BCUT2D eigenvalue weighted by atomic mass is 10.0. The Labute approximate surface area is 180 Å². The Kier molecular flexibility index (Phi) is 13.0. The molecule has 160 valence electrons. The van der Waals surface area contributed by atoms with Crippen molar-refractivity contribution in [1.29, 1.82) is 0 Å². The summed E-state index contributed by atoms with van der Waals surface area (Å²) in [5.74, 6) is 0. The van der Waals surface area contributed by atoms with Gasteiger partial charge in [0.05, 0.1) is 12.7 Å². The second kappa shape index (κ2) is 15.0. The van der Waals surface area contributed by atoms with Gasteiger partial charge in [-0.1, -0.05) is 54.9 Å². The van der Waals surface area contributed by atoms with E-state index in [1.807, 2.05) is 38.1 Å². The van der Waals surface area contributed by atoms with Crippen molar-refractivity contribution in [1.82, 2.24) is 5.32 Å². The summed E-state index contributed by atoms with van der Waals surface area (Å²) < 4.78 is 6.11. The molecule has 0 aromatic heterocycles. The van der Waals surface area contributed by atoms with E-state index in [-0.39, 0.29) is 12.1 Å². The predicted molar refractivity (Wildman–Crippen MR) is 123 cm³/mol. The van der Waals surface area contributed by atoms with Gasteiger partial charge in [-0.15, -0.1) is 0 Å². The molecule has 4 N–H and O–H groups in total. The van der Waals surface area contributed by atoms with E-state index in [2.05, 4.69) is 41.8 Å². The normalized spacial score (nSPS) is 12.6. The van der Waals surface area contributed by atoms with Gasteiger partial charge in [-0.3, -0.25) is 0 Å². The summed E-state index contributed by atoms with van der Waals surface area (Å²) in [7, 11) is 1.93. The minimum Gasteiger partial charge on any atom is -0.385 e. The van der Waals surface area contributed by atoms with Crippen LogP contribution >= 0.6 is 11.6 Å². The number of ether oxygens (including phenoxy) is 1. The van der Waals surface area contributed by atoms with Gasteiger partial charge in [0.2, 0.25) is 0 Å². The average molecular weight is 420 g/mol. The zero-order valence-corrected chi connectivity index (χ0v) is 18.3. The van der Waals surface area contributed by atoms with Crippen molar-refractivity contribution in [3.05, 3.63) is 64.7 Å². The molecule has 0 spiro atoms. The molecule has 0 radical (unpaired) electrons. The number of hydrogen-bond donors (Lipinski definition) is 3. The van der Waals surface area contributed by atoms with Crippen molar-refractivity contribution in [3.63, 3.8) is 0 Å². The number of carbonyl (C=O) groups excluding carboxylic acids is 1. The summed E-state index contributed by atoms with van der Waals surface area (Å²) in [6.45, 7) is 6.44. The molecule has 2 rings (SSSR count). The third kappa shape index (κ3) is 9.41. The molecule has 2 unspecified atom stereocenters. The summed E-state index contributed by atoms with van der Waals surface area (Å²) >= 11 is 6.56. The maximum atomic E-state index is 8.00. The maximum absolute atomic E-state index is 8.00. The molecule has 0 aliphatic rings. The van der Waals surface area contributed by atoms with Gasteiger partial charge in [0.15, 0.2) is 0 Å². The lowest BCUT2D eigenvalue weighted by Crippen LogP contribution is -2.22. The molecule has 0 heterocycles. The summed E-state index contributed by atoms with van der Waals surface area (Å²) in [6, 6.07) is 16.7. The molecule has 0 amide bonds. The van der Waals surface area contributed by atoms with Gasteiger partial charge in [-0.05, 0) is 43.1 Å². The minimum absolute atomic E-state index is 0.0154. The van der Waals surface area contributed by atoms with Crippen LogP contribution in [0.2, 0.25) is 5.02 Å². The highest BCUT2D eigenvalue weighted by molar-refractivity contribution is 6.31. The monoisotopic (exact) mass is 419 g/mol. The quantitative estimate of drug-likeness (QED) is 0.449. The summed E-state index contributed by atoms with van der Waals surface area (Å²) in [6.07, 6.45) is 2.67. The molecule has 0 fully saturated rings. The van der Waals surface area contributed by atoms with E-state index in [0.29, 0.717) is 6.61 Å². The van der Waals surface area contributed by atoms with Gasteiger partial charge in [0.1, 0.15) is 6.79 Å². The lowest BCUT2D eigenvalue weighted by Gasteiger charge is -2.20. The topological polar surface area (TPSA) is 76.4 Å². The van der Waals surface area contributed by atoms with Crippen molar-refractivity contribution in [2.45, 2.75) is 38.3 Å². The van der Waals surface area contributed by atoms with Crippen LogP contribution in [-0.2, 0) is 16.0 Å². The first-order valence-corrected chi connectivity index (χ1v) is 10.4. The standard InChI is InChI=1S/C22H32ClN3O.CH2O/c1-3-19(24)11-12-26-20-10-9-18(21(23)16-20)15-22(27-14-13-25-2)17-7-5-4-6-8-17;1-2/h4-10,16,19,22,25-26H,3,11-15,24H2,1-2H3;1H2. The molecule has 0 bridgehead atoms. The van der Waals surface area contributed by atoms with Crippen molar-refractivity contribution in [2.75, 3.05) is 32.1 Å². The van der Waals surface area contributed by atoms with E-state index in [1.165, 1.54) is 5.56 Å². The first-order chi connectivity index (χ1) is 14.1. The number of nitrogens with two attached hydrogens (primary N) is 1. The predicted octanol–water partition coefficient (Wildman–Crippen LogP) is 4.21. The Bertz CT molecular complexity index is 685. The smallest absolute Gasteiger partial charge is 0.106 e. The van der Waals surface area contributed by atoms with Gasteiger partial charge in [-0.25, -0.2) is 0 Å². The fourth-order valence-electron chi connectivity index (χ4n) is 2.87. The number of carbonyl (C=O) groups is 1. The molecule has 5 nitrogen and oxygen atoms in total. The molecule has 0 aliphatic heterocycles. The van der Waals surface area contributed by atoms with Gasteiger partial charge in [-0.2, -0.15) is 0 Å². The first kappa shape index (κ1) is 25.1. The van der Waals surface area contributed by atoms with E-state index in [0.717, 1.165) is 48.6 Å². The van der Waals surface area contributed by atoms with E-state index in [1.54, 1.807) is 0 Å². The van der Waals surface area contributed by atoms with E-state index in [4.69, 9.17) is 26.9 Å². The van der Waals surface area contributed by atoms with Crippen molar-refractivity contribution in [3.8, 4) is 0 Å². The van der Waals surface area contributed by atoms with Crippen LogP contribution in [0.5, 0.6) is 0 Å². The Morgan fingerprint density at radius 3 is 2.48 bits per heavy atom. The summed E-state index contributed by atoms with van der Waals surface area (Å²) in [5, 5.41) is 7.28. The molecule has 29 heavy (non-hydrogen) atoms. The first-order valence-electron chi connectivity index (χ1n) is 10.0. The number of nitrogens with one attached hydrogen (secondary N) is 2. The van der Waals surface area contributed by atoms with Crippen molar-refractivity contribution < 1.29 is 9.53 Å². The Hall–Kier alpha value is -1.92. The van der Waals surface area contributed by atoms with Crippen LogP contribution < -0.4 is 16.4 Å².